The van der Waals surface area contributed by atoms with Gasteiger partial charge in [0.05, 0.1) is 6.10 Å². The predicted molar refractivity (Wildman–Crippen MR) is 64.3 cm³/mol. The molecule has 94 valence electrons. The number of benzene rings is 1. The Morgan fingerprint density at radius 3 is 2.39 bits per heavy atom. The smallest absolute Gasteiger partial charge is 0.129 e. The number of hydrogen-bond acceptors (Lipinski definition) is 2. The Balaban J connectivity index is 2.15. The van der Waals surface area contributed by atoms with Gasteiger partial charge in [0.2, 0.25) is 0 Å². The van der Waals surface area contributed by atoms with Crippen LogP contribution in [0.25, 0.3) is 0 Å². The van der Waals surface area contributed by atoms with Crippen molar-refractivity contribution < 1.29 is 13.9 Å². The summed E-state index contributed by atoms with van der Waals surface area (Å²) in [4.78, 5) is 3.83. The average molecular weight is 270 g/mol. The zero-order valence-electron chi connectivity index (χ0n) is 9.28. The second kappa shape index (κ2) is 5.42. The van der Waals surface area contributed by atoms with E-state index in [1.54, 1.807) is 12.1 Å². The van der Waals surface area contributed by atoms with E-state index in [9.17, 15) is 13.9 Å². The highest BCUT2D eigenvalue weighted by Crippen LogP contribution is 2.20. The molecule has 18 heavy (non-hydrogen) atoms. The first-order chi connectivity index (χ1) is 8.54. The van der Waals surface area contributed by atoms with Gasteiger partial charge in [-0.15, -0.1) is 0 Å². The molecule has 0 fully saturated rings. The molecule has 1 heterocycles. The van der Waals surface area contributed by atoms with Crippen molar-refractivity contribution in [3.05, 3.63) is 64.4 Å². The molecule has 2 rings (SSSR count). The second-order valence-electron chi connectivity index (χ2n) is 3.91. The Morgan fingerprint density at radius 1 is 1.17 bits per heavy atom. The Labute approximate surface area is 108 Å². The molecule has 0 bridgehead atoms. The number of pyridine rings is 1. The molecule has 1 aromatic carbocycles. The molecule has 0 aliphatic heterocycles. The first-order valence-corrected chi connectivity index (χ1v) is 5.67. The van der Waals surface area contributed by atoms with Gasteiger partial charge in [-0.05, 0) is 29.3 Å². The maximum Gasteiger partial charge on any atom is 0.129 e. The number of hydrogen-bond donors (Lipinski definition) is 1. The third kappa shape index (κ3) is 3.24. The van der Waals surface area contributed by atoms with Crippen molar-refractivity contribution in [1.29, 1.82) is 0 Å². The fourth-order valence-electron chi connectivity index (χ4n) is 1.65. The van der Waals surface area contributed by atoms with Gasteiger partial charge >= 0.3 is 0 Å². The van der Waals surface area contributed by atoms with Crippen LogP contribution in [-0.2, 0) is 6.42 Å². The van der Waals surface area contributed by atoms with Crippen molar-refractivity contribution in [3.8, 4) is 0 Å². The van der Waals surface area contributed by atoms with Gasteiger partial charge in [0, 0.05) is 18.7 Å². The topological polar surface area (TPSA) is 33.1 Å². The van der Waals surface area contributed by atoms with Crippen molar-refractivity contribution in [3.63, 3.8) is 0 Å². The van der Waals surface area contributed by atoms with E-state index in [4.69, 9.17) is 11.6 Å². The minimum absolute atomic E-state index is 0.109. The van der Waals surface area contributed by atoms with Crippen LogP contribution in [0.3, 0.4) is 0 Å². The molecule has 2 nitrogen and oxygen atoms in total. The fourth-order valence-corrected chi connectivity index (χ4v) is 1.77. The lowest BCUT2D eigenvalue weighted by molar-refractivity contribution is 0.178. The van der Waals surface area contributed by atoms with Crippen molar-refractivity contribution in [2.75, 3.05) is 0 Å². The Bertz CT molecular complexity index is 525. The van der Waals surface area contributed by atoms with Gasteiger partial charge in [-0.2, -0.15) is 0 Å². The second-order valence-corrected chi connectivity index (χ2v) is 4.30. The number of aliphatic hydroxyl groups excluding tert-OH is 1. The quantitative estimate of drug-likeness (QED) is 0.868. The highest BCUT2D eigenvalue weighted by Gasteiger charge is 2.10. The van der Waals surface area contributed by atoms with E-state index >= 15 is 0 Å². The van der Waals surface area contributed by atoms with Gasteiger partial charge < -0.3 is 5.11 Å². The van der Waals surface area contributed by atoms with Crippen molar-refractivity contribution in [1.82, 2.24) is 4.98 Å². The molecule has 0 amide bonds. The summed E-state index contributed by atoms with van der Waals surface area (Å²) in [5.74, 6) is -1.32. The van der Waals surface area contributed by atoms with Gasteiger partial charge in [0.1, 0.15) is 16.8 Å². The fraction of sp³-hybridized carbons (Fsp3) is 0.154. The summed E-state index contributed by atoms with van der Waals surface area (Å²) in [7, 11) is 0. The summed E-state index contributed by atoms with van der Waals surface area (Å²) in [6.45, 7) is 0. The largest absolute Gasteiger partial charge is 0.388 e. The molecule has 0 saturated carbocycles. The highest BCUT2D eigenvalue weighted by molar-refractivity contribution is 6.29. The Hall–Kier alpha value is -1.52. The van der Waals surface area contributed by atoms with Crippen LogP contribution in [0.4, 0.5) is 8.78 Å². The minimum Gasteiger partial charge on any atom is -0.388 e. The third-order valence-corrected chi connectivity index (χ3v) is 2.71. The summed E-state index contributed by atoms with van der Waals surface area (Å²) >= 11 is 5.63. The van der Waals surface area contributed by atoms with Crippen LogP contribution in [0.2, 0.25) is 5.15 Å². The number of aliphatic hydroxyl groups is 1. The van der Waals surface area contributed by atoms with E-state index < -0.39 is 17.7 Å². The molecular formula is C13H10ClF2NO. The van der Waals surface area contributed by atoms with E-state index in [0.717, 1.165) is 6.07 Å². The van der Waals surface area contributed by atoms with Gasteiger partial charge in [0.15, 0.2) is 0 Å². The Morgan fingerprint density at radius 2 is 1.83 bits per heavy atom. The summed E-state index contributed by atoms with van der Waals surface area (Å²) in [6, 6.07) is 6.34. The molecule has 0 saturated heterocycles. The normalized spacial score (nSPS) is 12.4. The van der Waals surface area contributed by atoms with Crippen molar-refractivity contribution in [2.45, 2.75) is 12.5 Å². The molecule has 1 unspecified atom stereocenters. The van der Waals surface area contributed by atoms with Gasteiger partial charge in [-0.1, -0.05) is 17.7 Å². The molecule has 1 aromatic heterocycles. The molecule has 5 heteroatoms. The summed E-state index contributed by atoms with van der Waals surface area (Å²) in [5.41, 5.74) is 0.930. The number of aromatic nitrogens is 1. The zero-order valence-corrected chi connectivity index (χ0v) is 10.0. The molecule has 1 atom stereocenters. The summed E-state index contributed by atoms with van der Waals surface area (Å²) in [5, 5.41) is 10.2. The lowest BCUT2D eigenvalue weighted by atomic mass is 10.0. The van der Waals surface area contributed by atoms with Crippen LogP contribution < -0.4 is 0 Å². The van der Waals surface area contributed by atoms with Crippen LogP contribution in [0.15, 0.2) is 36.5 Å². The highest BCUT2D eigenvalue weighted by atomic mass is 35.5. The van der Waals surface area contributed by atoms with Gasteiger partial charge in [-0.3, -0.25) is 0 Å². The molecule has 0 aliphatic carbocycles. The lowest BCUT2D eigenvalue weighted by Gasteiger charge is -2.11. The lowest BCUT2D eigenvalue weighted by Crippen LogP contribution is -2.03. The van der Waals surface area contributed by atoms with Crippen LogP contribution in [0.5, 0.6) is 0 Å². The molecule has 0 radical (unpaired) electrons. The van der Waals surface area contributed by atoms with Gasteiger partial charge in [-0.25, -0.2) is 13.8 Å². The Kier molecular flexibility index (Phi) is 3.89. The van der Waals surface area contributed by atoms with E-state index in [1.807, 2.05) is 0 Å². The third-order valence-electron chi connectivity index (χ3n) is 2.49. The van der Waals surface area contributed by atoms with E-state index in [0.29, 0.717) is 16.3 Å². The first-order valence-electron chi connectivity index (χ1n) is 5.29. The molecule has 0 aliphatic rings. The average Bonchev–Trinajstić information content (AvgIpc) is 2.28. The molecule has 0 spiro atoms. The van der Waals surface area contributed by atoms with Crippen LogP contribution in [0.1, 0.15) is 17.2 Å². The van der Waals surface area contributed by atoms with Crippen molar-refractivity contribution in [2.24, 2.45) is 0 Å². The van der Waals surface area contributed by atoms with Crippen LogP contribution >= 0.6 is 11.6 Å². The van der Waals surface area contributed by atoms with E-state index in [1.165, 1.54) is 18.3 Å². The number of nitrogens with zero attached hydrogens (tertiary/aromatic N) is 1. The maximum absolute atomic E-state index is 13.0. The van der Waals surface area contributed by atoms with E-state index in [2.05, 4.69) is 4.98 Å². The minimum atomic E-state index is -0.879. The number of halogens is 3. The van der Waals surface area contributed by atoms with Crippen LogP contribution in [-0.4, -0.2) is 10.1 Å². The first kappa shape index (κ1) is 12.9. The monoisotopic (exact) mass is 269 g/mol. The number of rotatable bonds is 3. The SMILES string of the molecule is OC(Cc1cc(F)cc(F)c1)c1ccc(Cl)nc1. The zero-order chi connectivity index (χ0) is 13.1. The predicted octanol–water partition coefficient (Wildman–Crippen LogP) is 3.29. The summed E-state index contributed by atoms with van der Waals surface area (Å²) < 4.78 is 26.0. The molecule has 1 N–H and O–H groups in total. The van der Waals surface area contributed by atoms with E-state index in [-0.39, 0.29) is 6.42 Å². The van der Waals surface area contributed by atoms with Crippen LogP contribution in [0, 0.1) is 11.6 Å². The molecule has 2 aromatic rings. The standard InChI is InChI=1S/C13H10ClF2NO/c14-13-2-1-9(7-17-13)12(18)5-8-3-10(15)6-11(16)4-8/h1-4,6-7,12,18H,5H2. The van der Waals surface area contributed by atoms with Crippen molar-refractivity contribution >= 4 is 11.6 Å². The maximum atomic E-state index is 13.0. The van der Waals surface area contributed by atoms with Gasteiger partial charge in [0.25, 0.3) is 0 Å². The summed E-state index contributed by atoms with van der Waals surface area (Å²) in [6.07, 6.45) is 0.664. The molecular weight excluding hydrogens is 260 g/mol.